The fourth-order valence-electron chi connectivity index (χ4n) is 1.50. The van der Waals surface area contributed by atoms with Crippen molar-refractivity contribution in [2.24, 2.45) is 4.99 Å². The van der Waals surface area contributed by atoms with Crippen LogP contribution in [0.3, 0.4) is 0 Å². The van der Waals surface area contributed by atoms with E-state index >= 15 is 0 Å². The van der Waals surface area contributed by atoms with Gasteiger partial charge >= 0.3 is 6.18 Å². The second-order valence-corrected chi connectivity index (χ2v) is 3.85. The largest absolute Gasteiger partial charge is 0.416 e. The molecule has 0 bridgehead atoms. The molecule has 2 rings (SSSR count). The molecule has 0 aliphatic carbocycles. The molecule has 0 unspecified atom stereocenters. The van der Waals surface area contributed by atoms with Crippen molar-refractivity contribution in [3.63, 3.8) is 0 Å². The summed E-state index contributed by atoms with van der Waals surface area (Å²) in [5.74, 6) is 0. The Morgan fingerprint density at radius 1 is 1.20 bits per heavy atom. The molecule has 0 atom stereocenters. The fraction of sp³-hybridized carbons (Fsp3) is 0.0714. The molecule has 0 amide bonds. The maximum absolute atomic E-state index is 12.6. The third kappa shape index (κ3) is 3.20. The quantitative estimate of drug-likeness (QED) is 0.784. The molecule has 0 fully saturated rings. The van der Waals surface area contributed by atoms with E-state index < -0.39 is 11.7 Å². The second kappa shape index (κ2) is 5.53. The summed E-state index contributed by atoms with van der Waals surface area (Å²) < 4.78 is 37.9. The van der Waals surface area contributed by atoms with Gasteiger partial charge in [0.1, 0.15) is 6.07 Å². The van der Waals surface area contributed by atoms with Crippen molar-refractivity contribution in [2.75, 3.05) is 0 Å². The molecule has 6 heteroatoms. The van der Waals surface area contributed by atoms with Crippen molar-refractivity contribution in [2.45, 2.75) is 6.18 Å². The van der Waals surface area contributed by atoms with Gasteiger partial charge in [-0.25, -0.2) is 0 Å². The number of alkyl halides is 3. The first-order valence-electron chi connectivity index (χ1n) is 5.57. The number of halogens is 3. The average Bonchev–Trinajstić information content (AvgIpc) is 2.45. The highest BCUT2D eigenvalue weighted by molar-refractivity contribution is 5.80. The minimum absolute atomic E-state index is 0.0343. The van der Waals surface area contributed by atoms with Crippen molar-refractivity contribution in [1.29, 1.82) is 5.26 Å². The predicted octanol–water partition coefficient (Wildman–Crippen LogP) is 3.72. The molecule has 20 heavy (non-hydrogen) atoms. The minimum Gasteiger partial charge on any atom is -0.255 e. The Kier molecular flexibility index (Phi) is 3.80. The van der Waals surface area contributed by atoms with Crippen LogP contribution in [0, 0.1) is 11.3 Å². The van der Waals surface area contributed by atoms with Crippen molar-refractivity contribution < 1.29 is 13.2 Å². The normalized spacial score (nSPS) is 11.5. The summed E-state index contributed by atoms with van der Waals surface area (Å²) in [6, 6.07) is 9.71. The van der Waals surface area contributed by atoms with E-state index in [0.29, 0.717) is 5.69 Å². The van der Waals surface area contributed by atoms with E-state index in [0.717, 1.165) is 18.2 Å². The lowest BCUT2D eigenvalue weighted by atomic mass is 10.1. The molecule has 0 aliphatic rings. The van der Waals surface area contributed by atoms with Gasteiger partial charge in [0, 0.05) is 6.20 Å². The summed E-state index contributed by atoms with van der Waals surface area (Å²) in [6.45, 7) is 0. The Morgan fingerprint density at radius 3 is 2.60 bits per heavy atom. The summed E-state index contributed by atoms with van der Waals surface area (Å²) in [4.78, 5) is 7.88. The number of nitriles is 1. The molecular weight excluding hydrogens is 267 g/mol. The van der Waals surface area contributed by atoms with Gasteiger partial charge in [-0.3, -0.25) is 9.98 Å². The number of nitrogens with zero attached hydrogens (tertiary/aromatic N) is 3. The Balaban J connectivity index is 2.40. The zero-order chi connectivity index (χ0) is 14.6. The highest BCUT2D eigenvalue weighted by atomic mass is 19.4. The third-order valence-electron chi connectivity index (χ3n) is 2.47. The van der Waals surface area contributed by atoms with Crippen LogP contribution in [-0.2, 0) is 6.18 Å². The highest BCUT2D eigenvalue weighted by Crippen LogP contribution is 2.32. The molecule has 0 aliphatic heterocycles. The number of benzene rings is 1. The van der Waals surface area contributed by atoms with Crippen LogP contribution in [0.2, 0.25) is 0 Å². The lowest BCUT2D eigenvalue weighted by Gasteiger charge is -2.07. The van der Waals surface area contributed by atoms with Crippen molar-refractivity contribution in [1.82, 2.24) is 4.98 Å². The van der Waals surface area contributed by atoms with Crippen molar-refractivity contribution >= 4 is 11.9 Å². The topological polar surface area (TPSA) is 49.0 Å². The maximum Gasteiger partial charge on any atom is 0.416 e. The molecule has 3 nitrogen and oxygen atoms in total. The standard InChI is InChI=1S/C14H8F3N3/c15-14(16,17)11-5-4-10(8-18)13(7-11)20-9-12-3-1-2-6-19-12/h1-7,9H. The zero-order valence-corrected chi connectivity index (χ0v) is 10.1. The van der Waals surface area contributed by atoms with E-state index in [-0.39, 0.29) is 11.3 Å². The molecule has 0 saturated carbocycles. The summed E-state index contributed by atoms with van der Waals surface area (Å²) in [7, 11) is 0. The van der Waals surface area contributed by atoms with E-state index in [1.54, 1.807) is 24.4 Å². The van der Waals surface area contributed by atoms with Crippen LogP contribution in [0.25, 0.3) is 0 Å². The smallest absolute Gasteiger partial charge is 0.255 e. The van der Waals surface area contributed by atoms with E-state index in [2.05, 4.69) is 9.98 Å². The van der Waals surface area contributed by atoms with Gasteiger partial charge in [-0.05, 0) is 30.3 Å². The fourth-order valence-corrected chi connectivity index (χ4v) is 1.50. The van der Waals surface area contributed by atoms with Gasteiger partial charge in [-0.1, -0.05) is 6.07 Å². The van der Waals surface area contributed by atoms with Crippen LogP contribution in [0.4, 0.5) is 18.9 Å². The van der Waals surface area contributed by atoms with Gasteiger partial charge < -0.3 is 0 Å². The van der Waals surface area contributed by atoms with Crippen LogP contribution in [0.1, 0.15) is 16.8 Å². The van der Waals surface area contributed by atoms with Gasteiger partial charge in [0.2, 0.25) is 0 Å². The van der Waals surface area contributed by atoms with Gasteiger partial charge in [0.15, 0.2) is 0 Å². The predicted molar refractivity (Wildman–Crippen MR) is 67.7 cm³/mol. The Bertz CT molecular complexity index is 670. The maximum atomic E-state index is 12.6. The summed E-state index contributed by atoms with van der Waals surface area (Å²) >= 11 is 0. The molecule has 0 spiro atoms. The third-order valence-corrected chi connectivity index (χ3v) is 2.47. The van der Waals surface area contributed by atoms with Crippen molar-refractivity contribution in [3.8, 4) is 6.07 Å². The number of aliphatic imine (C=N–C) groups is 1. The van der Waals surface area contributed by atoms with Gasteiger partial charge in [-0.2, -0.15) is 18.4 Å². The Labute approximate surface area is 113 Å². The van der Waals surface area contributed by atoms with E-state index in [9.17, 15) is 13.2 Å². The number of hydrogen-bond acceptors (Lipinski definition) is 3. The zero-order valence-electron chi connectivity index (χ0n) is 10.1. The summed E-state index contributed by atoms with van der Waals surface area (Å²) in [6.07, 6.45) is -1.61. The van der Waals surface area contributed by atoms with Gasteiger partial charge in [-0.15, -0.1) is 0 Å². The lowest BCUT2D eigenvalue weighted by Crippen LogP contribution is -2.04. The monoisotopic (exact) mass is 275 g/mol. The van der Waals surface area contributed by atoms with E-state index in [1.165, 1.54) is 6.21 Å². The van der Waals surface area contributed by atoms with Crippen LogP contribution >= 0.6 is 0 Å². The number of hydrogen-bond donors (Lipinski definition) is 0. The van der Waals surface area contributed by atoms with Crippen LogP contribution < -0.4 is 0 Å². The molecule has 2 aromatic rings. The molecule has 1 aromatic carbocycles. The first-order valence-corrected chi connectivity index (χ1v) is 5.57. The van der Waals surface area contributed by atoms with Crippen LogP contribution in [-0.4, -0.2) is 11.2 Å². The molecule has 1 heterocycles. The highest BCUT2D eigenvalue weighted by Gasteiger charge is 2.30. The summed E-state index contributed by atoms with van der Waals surface area (Å²) in [5, 5.41) is 8.89. The van der Waals surface area contributed by atoms with E-state index in [4.69, 9.17) is 5.26 Å². The van der Waals surface area contributed by atoms with Gasteiger partial charge in [0.25, 0.3) is 0 Å². The number of aromatic nitrogens is 1. The minimum atomic E-state index is -4.47. The number of rotatable bonds is 2. The van der Waals surface area contributed by atoms with Gasteiger partial charge in [0.05, 0.1) is 28.7 Å². The van der Waals surface area contributed by atoms with Crippen LogP contribution in [0.15, 0.2) is 47.6 Å². The Morgan fingerprint density at radius 2 is 2.00 bits per heavy atom. The average molecular weight is 275 g/mol. The van der Waals surface area contributed by atoms with Crippen molar-refractivity contribution in [3.05, 3.63) is 59.4 Å². The molecule has 1 aromatic heterocycles. The number of pyridine rings is 1. The molecule has 100 valence electrons. The summed E-state index contributed by atoms with van der Waals surface area (Å²) in [5.41, 5.74) is -0.309. The second-order valence-electron chi connectivity index (χ2n) is 3.85. The Hall–Kier alpha value is -2.68. The van der Waals surface area contributed by atoms with Crippen LogP contribution in [0.5, 0.6) is 0 Å². The molecular formula is C14H8F3N3. The molecule has 0 radical (unpaired) electrons. The van der Waals surface area contributed by atoms with E-state index in [1.807, 2.05) is 6.07 Å². The first kappa shape index (κ1) is 13.7. The molecule has 0 saturated heterocycles. The lowest BCUT2D eigenvalue weighted by molar-refractivity contribution is -0.137. The molecule has 0 N–H and O–H groups in total. The first-order chi connectivity index (χ1) is 9.50. The SMILES string of the molecule is N#Cc1ccc(C(F)(F)F)cc1N=Cc1ccccn1.